The Kier molecular flexibility index (Phi) is 4.56. The van der Waals surface area contributed by atoms with Gasteiger partial charge in [0.15, 0.2) is 5.58 Å². The van der Waals surface area contributed by atoms with Gasteiger partial charge in [-0.3, -0.25) is 0 Å². The Bertz CT molecular complexity index is 826. The molecule has 2 nitrogen and oxygen atoms in total. The van der Waals surface area contributed by atoms with E-state index >= 15 is 0 Å². The van der Waals surface area contributed by atoms with E-state index in [4.69, 9.17) is 9.40 Å². The van der Waals surface area contributed by atoms with E-state index < -0.39 is 8.07 Å². The predicted octanol–water partition coefficient (Wildman–Crippen LogP) is 6.74. The molecular weight excluding hydrogens is 310 g/mol. The fourth-order valence-electron chi connectivity index (χ4n) is 4.76. The standard InChI is InChI=1S/C21H29NOSi/c1-14(2)24(15(3)4,16(5)6)13-20-21-18(11-12-23-21)17-9-7-8-10-19(17)22-20/h7-12,14-16H,13H2,1-6H3. The van der Waals surface area contributed by atoms with Crippen molar-refractivity contribution < 1.29 is 4.42 Å². The third-order valence-electron chi connectivity index (χ3n) is 6.08. The number of benzene rings is 1. The first-order valence-corrected chi connectivity index (χ1v) is 11.6. The van der Waals surface area contributed by atoms with Crippen molar-refractivity contribution in [3.8, 4) is 0 Å². The average Bonchev–Trinajstić information content (AvgIpc) is 3.01. The second kappa shape index (κ2) is 6.36. The molecule has 0 bridgehead atoms. The molecular formula is C21H29NOSi. The zero-order chi connectivity index (χ0) is 17.5. The second-order valence-electron chi connectivity index (χ2n) is 7.99. The van der Waals surface area contributed by atoms with E-state index in [1.165, 1.54) is 10.8 Å². The van der Waals surface area contributed by atoms with Gasteiger partial charge >= 0.3 is 0 Å². The number of pyridine rings is 1. The summed E-state index contributed by atoms with van der Waals surface area (Å²) >= 11 is 0. The van der Waals surface area contributed by atoms with Gasteiger partial charge in [0.05, 0.1) is 25.5 Å². The SMILES string of the molecule is CC(C)[Si](Cc1nc2ccccc2c2ccoc12)(C(C)C)C(C)C. The van der Waals surface area contributed by atoms with Crippen molar-refractivity contribution in [3.63, 3.8) is 0 Å². The van der Waals surface area contributed by atoms with Crippen LogP contribution in [0.5, 0.6) is 0 Å². The number of nitrogens with zero attached hydrogens (tertiary/aromatic N) is 1. The summed E-state index contributed by atoms with van der Waals surface area (Å²) in [4.78, 5) is 5.05. The van der Waals surface area contributed by atoms with Crippen molar-refractivity contribution in [3.05, 3.63) is 42.3 Å². The first-order valence-electron chi connectivity index (χ1n) is 9.12. The van der Waals surface area contributed by atoms with Crippen molar-refractivity contribution in [2.24, 2.45) is 0 Å². The summed E-state index contributed by atoms with van der Waals surface area (Å²) in [7, 11) is -1.57. The summed E-state index contributed by atoms with van der Waals surface area (Å²) in [5, 5.41) is 2.39. The molecule has 0 aliphatic carbocycles. The molecule has 3 rings (SSSR count). The molecule has 0 aliphatic heterocycles. The van der Waals surface area contributed by atoms with Gasteiger partial charge in [0.1, 0.15) is 0 Å². The number of furan rings is 1. The highest BCUT2D eigenvalue weighted by molar-refractivity contribution is 6.83. The summed E-state index contributed by atoms with van der Waals surface area (Å²) in [6.07, 6.45) is 1.81. The molecule has 0 radical (unpaired) electrons. The van der Waals surface area contributed by atoms with Crippen molar-refractivity contribution >= 4 is 29.9 Å². The Morgan fingerprint density at radius 3 is 2.12 bits per heavy atom. The minimum Gasteiger partial charge on any atom is -0.462 e. The fraction of sp³-hybridized carbons (Fsp3) is 0.476. The Morgan fingerprint density at radius 1 is 0.875 bits per heavy atom. The van der Waals surface area contributed by atoms with Crippen LogP contribution in [0, 0.1) is 0 Å². The number of hydrogen-bond donors (Lipinski definition) is 0. The summed E-state index contributed by atoms with van der Waals surface area (Å²) in [6.45, 7) is 14.5. The van der Waals surface area contributed by atoms with Crippen LogP contribution in [0.1, 0.15) is 47.2 Å². The largest absolute Gasteiger partial charge is 0.462 e. The smallest absolute Gasteiger partial charge is 0.155 e. The van der Waals surface area contributed by atoms with Crippen LogP contribution in [0.2, 0.25) is 16.6 Å². The molecule has 3 heteroatoms. The van der Waals surface area contributed by atoms with E-state index in [-0.39, 0.29) is 0 Å². The van der Waals surface area contributed by atoms with Crippen LogP contribution in [-0.2, 0) is 6.04 Å². The lowest BCUT2D eigenvalue weighted by Gasteiger charge is -2.43. The fourth-order valence-corrected chi connectivity index (χ4v) is 10.8. The van der Waals surface area contributed by atoms with E-state index in [1.54, 1.807) is 0 Å². The first kappa shape index (κ1) is 17.2. The molecule has 24 heavy (non-hydrogen) atoms. The van der Waals surface area contributed by atoms with Gasteiger partial charge in [-0.25, -0.2) is 4.98 Å². The maximum atomic E-state index is 5.90. The lowest BCUT2D eigenvalue weighted by Crippen LogP contribution is -2.47. The minimum absolute atomic E-state index is 0.718. The van der Waals surface area contributed by atoms with Crippen LogP contribution < -0.4 is 0 Å². The summed E-state index contributed by atoms with van der Waals surface area (Å²) in [5.74, 6) is 0. The van der Waals surface area contributed by atoms with E-state index in [9.17, 15) is 0 Å². The monoisotopic (exact) mass is 339 g/mol. The highest BCUT2D eigenvalue weighted by atomic mass is 28.3. The molecule has 0 saturated carbocycles. The van der Waals surface area contributed by atoms with Crippen molar-refractivity contribution in [1.82, 2.24) is 4.98 Å². The minimum atomic E-state index is -1.57. The Labute approximate surface area is 146 Å². The zero-order valence-corrected chi connectivity index (χ0v) is 16.8. The molecule has 2 aromatic heterocycles. The number of hydrogen-bond acceptors (Lipinski definition) is 2. The summed E-state index contributed by atoms with van der Waals surface area (Å²) < 4.78 is 5.90. The van der Waals surface area contributed by atoms with E-state index in [2.05, 4.69) is 71.9 Å². The summed E-state index contributed by atoms with van der Waals surface area (Å²) in [5.41, 5.74) is 5.40. The third kappa shape index (κ3) is 2.59. The molecule has 0 unspecified atom stereocenters. The first-order chi connectivity index (χ1) is 11.4. The molecule has 0 fully saturated rings. The van der Waals surface area contributed by atoms with Gasteiger partial charge in [0.25, 0.3) is 0 Å². The number of aromatic nitrogens is 1. The van der Waals surface area contributed by atoms with E-state index in [1.807, 2.05) is 6.26 Å². The van der Waals surface area contributed by atoms with Crippen molar-refractivity contribution in [2.75, 3.05) is 0 Å². The molecule has 0 saturated heterocycles. The van der Waals surface area contributed by atoms with Crippen molar-refractivity contribution in [1.29, 1.82) is 0 Å². The molecule has 0 aliphatic rings. The predicted molar refractivity (Wildman–Crippen MR) is 106 cm³/mol. The molecule has 1 aromatic carbocycles. The van der Waals surface area contributed by atoms with Crippen LogP contribution in [0.15, 0.2) is 41.0 Å². The lowest BCUT2D eigenvalue weighted by molar-refractivity contribution is 0.609. The normalized spacial score (nSPS) is 13.0. The number of para-hydroxylation sites is 1. The Hall–Kier alpha value is -1.61. The van der Waals surface area contributed by atoms with Crippen molar-refractivity contribution in [2.45, 2.75) is 64.2 Å². The molecule has 0 N–H and O–H groups in total. The molecule has 3 aromatic rings. The molecule has 0 amide bonds. The van der Waals surface area contributed by atoms with Crippen LogP contribution in [0.3, 0.4) is 0 Å². The molecule has 0 atom stereocenters. The number of fused-ring (bicyclic) bond motifs is 3. The quantitative estimate of drug-likeness (QED) is 0.481. The van der Waals surface area contributed by atoms with Gasteiger partial charge in [-0.1, -0.05) is 76.4 Å². The van der Waals surface area contributed by atoms with Crippen LogP contribution in [-0.4, -0.2) is 13.1 Å². The highest BCUT2D eigenvalue weighted by Gasteiger charge is 2.43. The average molecular weight is 340 g/mol. The number of rotatable bonds is 5. The lowest BCUT2D eigenvalue weighted by atomic mass is 10.1. The zero-order valence-electron chi connectivity index (χ0n) is 15.8. The second-order valence-corrected chi connectivity index (χ2v) is 14.0. The third-order valence-corrected chi connectivity index (χ3v) is 13.5. The Morgan fingerprint density at radius 2 is 1.50 bits per heavy atom. The molecule has 0 spiro atoms. The van der Waals surface area contributed by atoms with Gasteiger partial charge in [0, 0.05) is 10.8 Å². The highest BCUT2D eigenvalue weighted by Crippen LogP contribution is 2.44. The van der Waals surface area contributed by atoms with Crippen LogP contribution in [0.25, 0.3) is 21.9 Å². The molecule has 2 heterocycles. The van der Waals surface area contributed by atoms with Crippen LogP contribution in [0.4, 0.5) is 0 Å². The van der Waals surface area contributed by atoms with Gasteiger partial charge in [-0.2, -0.15) is 0 Å². The summed E-state index contributed by atoms with van der Waals surface area (Å²) in [6, 6.07) is 11.6. The van der Waals surface area contributed by atoms with E-state index in [0.29, 0.717) is 0 Å². The maximum Gasteiger partial charge on any atom is 0.155 e. The van der Waals surface area contributed by atoms with Gasteiger partial charge in [-0.05, 0) is 18.2 Å². The Balaban J connectivity index is 2.22. The van der Waals surface area contributed by atoms with Gasteiger partial charge in [0.2, 0.25) is 0 Å². The van der Waals surface area contributed by atoms with E-state index in [0.717, 1.165) is 39.5 Å². The van der Waals surface area contributed by atoms with Gasteiger partial charge in [-0.15, -0.1) is 0 Å². The molecule has 128 valence electrons. The van der Waals surface area contributed by atoms with Gasteiger partial charge < -0.3 is 4.42 Å². The van der Waals surface area contributed by atoms with Crippen LogP contribution >= 0.6 is 0 Å². The maximum absolute atomic E-state index is 5.90. The topological polar surface area (TPSA) is 26.0 Å².